The van der Waals surface area contributed by atoms with E-state index in [1.165, 1.54) is 7.05 Å². The van der Waals surface area contributed by atoms with Gasteiger partial charge in [0.15, 0.2) is 5.57 Å². The van der Waals surface area contributed by atoms with E-state index in [9.17, 15) is 4.79 Å². The molecule has 4 N–H and O–H groups in total. The molecule has 0 saturated heterocycles. The van der Waals surface area contributed by atoms with Crippen LogP contribution in [0, 0.1) is 18.3 Å². The largest absolute Gasteiger partial charge is 0.384 e. The molecule has 17 heavy (non-hydrogen) atoms. The van der Waals surface area contributed by atoms with Crippen LogP contribution in [0.1, 0.15) is 5.56 Å². The Morgan fingerprint density at radius 2 is 2.18 bits per heavy atom. The number of hydrogen-bond acceptors (Lipinski definition) is 4. The third-order valence-electron chi connectivity index (χ3n) is 2.13. The van der Waals surface area contributed by atoms with E-state index in [1.807, 2.05) is 25.1 Å². The highest BCUT2D eigenvalue weighted by Gasteiger charge is 2.11. The summed E-state index contributed by atoms with van der Waals surface area (Å²) in [4.78, 5) is 11.3. The number of nitrogens with one attached hydrogen (secondary N) is 2. The summed E-state index contributed by atoms with van der Waals surface area (Å²) in [7, 11) is 1.44. The number of amides is 1. The number of benzene rings is 1. The number of carbonyl (C=O) groups is 1. The van der Waals surface area contributed by atoms with Crippen LogP contribution in [0.5, 0.6) is 0 Å². The third kappa shape index (κ3) is 3.24. The average Bonchev–Trinajstić information content (AvgIpc) is 2.29. The van der Waals surface area contributed by atoms with Crippen LogP contribution in [0.15, 0.2) is 35.7 Å². The Morgan fingerprint density at radius 3 is 2.71 bits per heavy atom. The summed E-state index contributed by atoms with van der Waals surface area (Å²) in [5.74, 6) is -0.470. The minimum Gasteiger partial charge on any atom is -0.384 e. The second-order valence-corrected chi connectivity index (χ2v) is 3.47. The predicted octanol–water partition coefficient (Wildman–Crippen LogP) is 0.847. The van der Waals surface area contributed by atoms with Gasteiger partial charge in [0.1, 0.15) is 11.9 Å². The molecule has 88 valence electrons. The molecule has 0 heterocycles. The van der Waals surface area contributed by atoms with Crippen molar-refractivity contribution < 1.29 is 4.79 Å². The lowest BCUT2D eigenvalue weighted by atomic mass is 10.2. The molecule has 1 rings (SSSR count). The summed E-state index contributed by atoms with van der Waals surface area (Å²) in [6.07, 6.45) is 0. The lowest BCUT2D eigenvalue weighted by Crippen LogP contribution is -2.25. The molecule has 0 saturated carbocycles. The molecule has 1 amide bonds. The van der Waals surface area contributed by atoms with Crippen molar-refractivity contribution in [3.8, 4) is 6.07 Å². The topological polar surface area (TPSA) is 90.9 Å². The van der Waals surface area contributed by atoms with Crippen LogP contribution in [0.4, 0.5) is 5.69 Å². The van der Waals surface area contributed by atoms with Crippen LogP contribution in [-0.4, -0.2) is 13.0 Å². The van der Waals surface area contributed by atoms with Crippen molar-refractivity contribution >= 4 is 11.6 Å². The van der Waals surface area contributed by atoms with E-state index < -0.39 is 5.91 Å². The van der Waals surface area contributed by atoms with Gasteiger partial charge in [0.25, 0.3) is 5.91 Å². The van der Waals surface area contributed by atoms with Gasteiger partial charge in [-0.15, -0.1) is 0 Å². The van der Waals surface area contributed by atoms with Crippen molar-refractivity contribution in [2.75, 3.05) is 12.4 Å². The Labute approximate surface area is 99.9 Å². The van der Waals surface area contributed by atoms with Crippen LogP contribution in [0.3, 0.4) is 0 Å². The standard InChI is InChI=1S/C12H14N4O/c1-8-4-3-5-9(6-8)16-11(14)10(7-13)12(17)15-2/h3-6,16H,14H2,1-2H3,(H,15,17)/b11-10+. The van der Waals surface area contributed by atoms with Crippen molar-refractivity contribution in [2.45, 2.75) is 6.92 Å². The molecule has 5 nitrogen and oxygen atoms in total. The minimum atomic E-state index is -0.509. The number of rotatable bonds is 3. The van der Waals surface area contributed by atoms with Gasteiger partial charge in [-0.1, -0.05) is 12.1 Å². The SMILES string of the molecule is CNC(=O)/C(C#N)=C(\N)Nc1cccc(C)c1. The predicted molar refractivity (Wildman–Crippen MR) is 65.7 cm³/mol. The zero-order chi connectivity index (χ0) is 12.8. The molecule has 0 spiro atoms. The molecular weight excluding hydrogens is 216 g/mol. The van der Waals surface area contributed by atoms with E-state index in [-0.39, 0.29) is 11.4 Å². The second kappa shape index (κ2) is 5.56. The molecule has 0 unspecified atom stereocenters. The zero-order valence-electron chi connectivity index (χ0n) is 9.74. The fraction of sp³-hybridized carbons (Fsp3) is 0.167. The van der Waals surface area contributed by atoms with Gasteiger partial charge < -0.3 is 16.4 Å². The number of hydrogen-bond donors (Lipinski definition) is 3. The summed E-state index contributed by atoms with van der Waals surface area (Å²) in [5.41, 5.74) is 7.33. The van der Waals surface area contributed by atoms with Crippen molar-refractivity contribution in [3.05, 3.63) is 41.2 Å². The van der Waals surface area contributed by atoms with E-state index in [0.29, 0.717) is 0 Å². The number of carbonyl (C=O) groups excluding carboxylic acids is 1. The first kappa shape index (κ1) is 12.6. The first-order chi connectivity index (χ1) is 8.08. The molecule has 0 aliphatic heterocycles. The molecule has 0 aliphatic rings. The van der Waals surface area contributed by atoms with Crippen molar-refractivity contribution in [2.24, 2.45) is 5.73 Å². The molecule has 0 fully saturated rings. The maximum Gasteiger partial charge on any atom is 0.265 e. The van der Waals surface area contributed by atoms with Gasteiger partial charge in [0.05, 0.1) is 0 Å². The normalized spacial score (nSPS) is 11.1. The third-order valence-corrected chi connectivity index (χ3v) is 2.13. The molecule has 0 bridgehead atoms. The Hall–Kier alpha value is -2.48. The second-order valence-electron chi connectivity index (χ2n) is 3.47. The fourth-order valence-corrected chi connectivity index (χ4v) is 1.30. The van der Waals surface area contributed by atoms with E-state index in [1.54, 1.807) is 12.1 Å². The molecule has 1 aromatic carbocycles. The monoisotopic (exact) mass is 230 g/mol. The molecule has 0 radical (unpaired) electrons. The van der Waals surface area contributed by atoms with E-state index in [0.717, 1.165) is 11.3 Å². The summed E-state index contributed by atoms with van der Waals surface area (Å²) in [6.45, 7) is 1.94. The Bertz CT molecular complexity index is 499. The van der Waals surface area contributed by atoms with Crippen LogP contribution < -0.4 is 16.4 Å². The van der Waals surface area contributed by atoms with Gasteiger partial charge in [0, 0.05) is 12.7 Å². The molecular formula is C12H14N4O. The molecule has 0 aliphatic carbocycles. The van der Waals surface area contributed by atoms with Crippen molar-refractivity contribution in [3.63, 3.8) is 0 Å². The first-order valence-corrected chi connectivity index (χ1v) is 5.04. The summed E-state index contributed by atoms with van der Waals surface area (Å²) in [6, 6.07) is 9.24. The molecule has 0 atom stereocenters. The number of nitrogens with two attached hydrogens (primary N) is 1. The number of aryl methyl sites for hydroxylation is 1. The van der Waals surface area contributed by atoms with Gasteiger partial charge in [-0.3, -0.25) is 4.79 Å². The van der Waals surface area contributed by atoms with E-state index in [4.69, 9.17) is 11.0 Å². The van der Waals surface area contributed by atoms with Gasteiger partial charge >= 0.3 is 0 Å². The molecule has 0 aromatic heterocycles. The molecule has 5 heteroatoms. The lowest BCUT2D eigenvalue weighted by molar-refractivity contribution is -0.116. The smallest absolute Gasteiger partial charge is 0.265 e. The first-order valence-electron chi connectivity index (χ1n) is 5.04. The maximum atomic E-state index is 11.3. The summed E-state index contributed by atoms with van der Waals surface area (Å²) < 4.78 is 0. The number of anilines is 1. The van der Waals surface area contributed by atoms with Gasteiger partial charge in [-0.05, 0) is 24.6 Å². The highest BCUT2D eigenvalue weighted by Crippen LogP contribution is 2.12. The average molecular weight is 230 g/mol. The highest BCUT2D eigenvalue weighted by atomic mass is 16.1. The fourth-order valence-electron chi connectivity index (χ4n) is 1.30. The van der Waals surface area contributed by atoms with Crippen LogP contribution in [0.2, 0.25) is 0 Å². The van der Waals surface area contributed by atoms with Crippen LogP contribution in [-0.2, 0) is 4.79 Å². The van der Waals surface area contributed by atoms with Gasteiger partial charge in [-0.25, -0.2) is 0 Å². The maximum absolute atomic E-state index is 11.3. The summed E-state index contributed by atoms with van der Waals surface area (Å²) >= 11 is 0. The van der Waals surface area contributed by atoms with Crippen LogP contribution >= 0.6 is 0 Å². The van der Waals surface area contributed by atoms with Crippen molar-refractivity contribution in [1.82, 2.24) is 5.32 Å². The minimum absolute atomic E-state index is 0.0393. The zero-order valence-corrected chi connectivity index (χ0v) is 9.74. The Kier molecular flexibility index (Phi) is 4.12. The number of nitriles is 1. The quantitative estimate of drug-likeness (QED) is 0.530. The van der Waals surface area contributed by atoms with E-state index >= 15 is 0 Å². The lowest BCUT2D eigenvalue weighted by Gasteiger charge is -2.08. The summed E-state index contributed by atoms with van der Waals surface area (Å²) in [5, 5.41) is 14.0. The highest BCUT2D eigenvalue weighted by molar-refractivity contribution is 5.98. The van der Waals surface area contributed by atoms with Crippen molar-refractivity contribution in [1.29, 1.82) is 5.26 Å². The van der Waals surface area contributed by atoms with Crippen LogP contribution in [0.25, 0.3) is 0 Å². The van der Waals surface area contributed by atoms with Gasteiger partial charge in [-0.2, -0.15) is 5.26 Å². The Morgan fingerprint density at radius 1 is 1.47 bits per heavy atom. The van der Waals surface area contributed by atoms with E-state index in [2.05, 4.69) is 10.6 Å². The van der Waals surface area contributed by atoms with Gasteiger partial charge in [0.2, 0.25) is 0 Å². The number of likely N-dealkylation sites (N-methyl/N-ethyl adjacent to an activating group) is 1. The Balaban J connectivity index is 2.98. The number of nitrogens with zero attached hydrogens (tertiary/aromatic N) is 1. The molecule has 1 aromatic rings.